The van der Waals surface area contributed by atoms with Crippen molar-refractivity contribution in [1.29, 1.82) is 5.26 Å². The van der Waals surface area contributed by atoms with Crippen LogP contribution >= 0.6 is 11.6 Å². The second kappa shape index (κ2) is 6.86. The van der Waals surface area contributed by atoms with Crippen LogP contribution in [0.15, 0.2) is 24.3 Å². The number of hydrogen-bond acceptors (Lipinski definition) is 2. The van der Waals surface area contributed by atoms with Gasteiger partial charge < -0.3 is 5.32 Å². The molecule has 0 aliphatic rings. The third-order valence-corrected chi connectivity index (χ3v) is 2.32. The van der Waals surface area contributed by atoms with Crippen molar-refractivity contribution in [1.82, 2.24) is 5.32 Å². The van der Waals surface area contributed by atoms with Crippen molar-refractivity contribution >= 4 is 17.5 Å². The van der Waals surface area contributed by atoms with Crippen molar-refractivity contribution in [2.75, 3.05) is 6.54 Å². The Kier molecular flexibility index (Phi) is 5.38. The molecule has 0 saturated carbocycles. The summed E-state index contributed by atoms with van der Waals surface area (Å²) in [6.07, 6.45) is 1.29. The van der Waals surface area contributed by atoms with E-state index < -0.39 is 0 Å². The molecular formula is C12H13ClN2O. The molecule has 0 heterocycles. The van der Waals surface area contributed by atoms with Gasteiger partial charge in [-0.3, -0.25) is 4.79 Å². The maximum absolute atomic E-state index is 11.2. The molecule has 1 rings (SSSR count). The maximum atomic E-state index is 11.2. The molecular weight excluding hydrogens is 224 g/mol. The highest BCUT2D eigenvalue weighted by Crippen LogP contribution is 2.10. The number of hydrogen-bond donors (Lipinski definition) is 1. The first kappa shape index (κ1) is 12.5. The lowest BCUT2D eigenvalue weighted by molar-refractivity contribution is -0.120. The molecule has 0 radical (unpaired) electrons. The molecule has 0 atom stereocenters. The van der Waals surface area contributed by atoms with Gasteiger partial charge in [0, 0.05) is 24.4 Å². The smallest absolute Gasteiger partial charge is 0.221 e. The highest BCUT2D eigenvalue weighted by molar-refractivity contribution is 6.30. The van der Waals surface area contributed by atoms with Crippen molar-refractivity contribution in [2.45, 2.75) is 19.3 Å². The van der Waals surface area contributed by atoms with Crippen LogP contribution < -0.4 is 5.32 Å². The van der Waals surface area contributed by atoms with Crippen molar-refractivity contribution < 1.29 is 4.79 Å². The molecule has 1 aromatic carbocycles. The summed E-state index contributed by atoms with van der Waals surface area (Å²) in [6, 6.07) is 9.48. The average molecular weight is 237 g/mol. The summed E-state index contributed by atoms with van der Waals surface area (Å²) in [5.41, 5.74) is 1.09. The van der Waals surface area contributed by atoms with Gasteiger partial charge in [-0.25, -0.2) is 0 Å². The van der Waals surface area contributed by atoms with Gasteiger partial charge in [-0.2, -0.15) is 5.26 Å². The molecule has 84 valence electrons. The number of halogens is 1. The van der Waals surface area contributed by atoms with E-state index in [0.717, 1.165) is 12.0 Å². The zero-order chi connectivity index (χ0) is 11.8. The maximum Gasteiger partial charge on any atom is 0.221 e. The van der Waals surface area contributed by atoms with E-state index in [-0.39, 0.29) is 18.7 Å². The van der Waals surface area contributed by atoms with Crippen LogP contribution in [0, 0.1) is 11.3 Å². The van der Waals surface area contributed by atoms with E-state index in [1.54, 1.807) is 0 Å². The molecule has 1 N–H and O–H groups in total. The van der Waals surface area contributed by atoms with E-state index in [0.29, 0.717) is 11.6 Å². The summed E-state index contributed by atoms with van der Waals surface area (Å²) in [5, 5.41) is 11.8. The Bertz CT molecular complexity index is 398. The molecule has 0 aromatic heterocycles. The first-order valence-corrected chi connectivity index (χ1v) is 5.48. The Balaban J connectivity index is 2.26. The quantitative estimate of drug-likeness (QED) is 0.853. The number of amides is 1. The van der Waals surface area contributed by atoms with Crippen LogP contribution in [-0.4, -0.2) is 12.5 Å². The number of carbonyl (C=O) groups is 1. The van der Waals surface area contributed by atoms with Gasteiger partial charge in [0.15, 0.2) is 0 Å². The van der Waals surface area contributed by atoms with E-state index in [9.17, 15) is 4.79 Å². The highest BCUT2D eigenvalue weighted by atomic mass is 35.5. The number of benzene rings is 1. The largest absolute Gasteiger partial charge is 0.356 e. The summed E-state index contributed by atoms with van der Waals surface area (Å²) >= 11 is 5.83. The van der Waals surface area contributed by atoms with E-state index in [2.05, 4.69) is 5.32 Å². The van der Waals surface area contributed by atoms with Crippen LogP contribution in [0.1, 0.15) is 18.4 Å². The van der Waals surface area contributed by atoms with E-state index in [4.69, 9.17) is 16.9 Å². The fourth-order valence-corrected chi connectivity index (χ4v) is 1.51. The van der Waals surface area contributed by atoms with E-state index >= 15 is 0 Å². The fourth-order valence-electron chi connectivity index (χ4n) is 1.30. The van der Waals surface area contributed by atoms with Crippen LogP contribution in [-0.2, 0) is 11.2 Å². The molecule has 0 bridgehead atoms. The molecule has 0 aliphatic carbocycles. The lowest BCUT2D eigenvalue weighted by atomic mass is 10.1. The Morgan fingerprint density at radius 3 is 3.00 bits per heavy atom. The summed E-state index contributed by atoms with van der Waals surface area (Å²) in [6.45, 7) is 0.574. The number of carbonyl (C=O) groups excluding carboxylic acids is 1. The number of nitriles is 1. The van der Waals surface area contributed by atoms with Gasteiger partial charge in [0.25, 0.3) is 0 Å². The normalized spacial score (nSPS) is 9.50. The number of nitrogens with one attached hydrogen (secondary N) is 1. The SMILES string of the molecule is N#CCCC(=O)NCCc1cccc(Cl)c1. The molecule has 1 amide bonds. The third kappa shape index (κ3) is 4.81. The molecule has 0 saturated heterocycles. The first-order valence-electron chi connectivity index (χ1n) is 5.10. The molecule has 0 aliphatic heterocycles. The molecule has 3 nitrogen and oxygen atoms in total. The predicted molar refractivity (Wildman–Crippen MR) is 63.0 cm³/mol. The minimum absolute atomic E-state index is 0.0800. The monoisotopic (exact) mass is 236 g/mol. The predicted octanol–water partition coefficient (Wildman–Crippen LogP) is 2.30. The Labute approximate surface area is 100 Å². The topological polar surface area (TPSA) is 52.9 Å². The Morgan fingerprint density at radius 2 is 2.31 bits per heavy atom. The Hall–Kier alpha value is -1.53. The number of rotatable bonds is 5. The van der Waals surface area contributed by atoms with Crippen LogP contribution in [0.3, 0.4) is 0 Å². The van der Waals surface area contributed by atoms with Crippen LogP contribution in [0.5, 0.6) is 0 Å². The summed E-state index contributed by atoms with van der Waals surface area (Å²) in [7, 11) is 0. The zero-order valence-corrected chi connectivity index (χ0v) is 9.63. The van der Waals surface area contributed by atoms with Gasteiger partial charge >= 0.3 is 0 Å². The molecule has 0 spiro atoms. The van der Waals surface area contributed by atoms with Crippen molar-refractivity contribution in [3.05, 3.63) is 34.9 Å². The summed E-state index contributed by atoms with van der Waals surface area (Å²) < 4.78 is 0. The fraction of sp³-hybridized carbons (Fsp3) is 0.333. The first-order chi connectivity index (χ1) is 7.72. The van der Waals surface area contributed by atoms with Gasteiger partial charge in [-0.05, 0) is 24.1 Å². The highest BCUT2D eigenvalue weighted by Gasteiger charge is 2.00. The van der Waals surface area contributed by atoms with Gasteiger partial charge in [-0.15, -0.1) is 0 Å². The van der Waals surface area contributed by atoms with Crippen LogP contribution in [0.25, 0.3) is 0 Å². The zero-order valence-electron chi connectivity index (χ0n) is 8.87. The van der Waals surface area contributed by atoms with Gasteiger partial charge in [0.05, 0.1) is 6.07 Å². The van der Waals surface area contributed by atoms with Crippen LogP contribution in [0.2, 0.25) is 5.02 Å². The van der Waals surface area contributed by atoms with Crippen LogP contribution in [0.4, 0.5) is 0 Å². The standard InChI is InChI=1S/C12H13ClN2O/c13-11-4-1-3-10(9-11)6-8-15-12(16)5-2-7-14/h1,3-4,9H,2,5-6,8H2,(H,15,16). The van der Waals surface area contributed by atoms with Gasteiger partial charge in [-0.1, -0.05) is 23.7 Å². The average Bonchev–Trinajstić information content (AvgIpc) is 2.26. The molecule has 1 aromatic rings. The van der Waals surface area contributed by atoms with E-state index in [1.165, 1.54) is 0 Å². The molecule has 4 heteroatoms. The van der Waals surface area contributed by atoms with Crippen molar-refractivity contribution in [2.24, 2.45) is 0 Å². The molecule has 0 unspecified atom stereocenters. The minimum atomic E-state index is -0.0800. The van der Waals surface area contributed by atoms with Gasteiger partial charge in [0.2, 0.25) is 5.91 Å². The Morgan fingerprint density at radius 1 is 1.50 bits per heavy atom. The third-order valence-electron chi connectivity index (χ3n) is 2.09. The summed E-state index contributed by atoms with van der Waals surface area (Å²) in [4.78, 5) is 11.2. The van der Waals surface area contributed by atoms with Crippen molar-refractivity contribution in [3.8, 4) is 6.07 Å². The lowest BCUT2D eigenvalue weighted by Crippen LogP contribution is -2.25. The second-order valence-corrected chi connectivity index (χ2v) is 3.82. The summed E-state index contributed by atoms with van der Waals surface area (Å²) in [5.74, 6) is -0.0800. The molecule has 0 fully saturated rings. The second-order valence-electron chi connectivity index (χ2n) is 3.39. The lowest BCUT2D eigenvalue weighted by Gasteiger charge is -2.04. The molecule has 16 heavy (non-hydrogen) atoms. The number of nitrogens with zero attached hydrogens (tertiary/aromatic N) is 1. The van der Waals surface area contributed by atoms with Crippen molar-refractivity contribution in [3.63, 3.8) is 0 Å². The van der Waals surface area contributed by atoms with Gasteiger partial charge in [0.1, 0.15) is 0 Å². The van der Waals surface area contributed by atoms with E-state index in [1.807, 2.05) is 30.3 Å². The minimum Gasteiger partial charge on any atom is -0.356 e.